The van der Waals surface area contributed by atoms with Gasteiger partial charge in [-0.15, -0.1) is 0 Å². The molecular weight excluding hydrogens is 328 g/mol. The number of carbonyl (C=O) groups excluding carboxylic acids is 1. The van der Waals surface area contributed by atoms with Gasteiger partial charge in [-0.25, -0.2) is 14.8 Å². The number of ether oxygens (including phenoxy) is 1. The van der Waals surface area contributed by atoms with Crippen LogP contribution in [-0.4, -0.2) is 32.5 Å². The third-order valence-electron chi connectivity index (χ3n) is 3.34. The summed E-state index contributed by atoms with van der Waals surface area (Å²) in [4.78, 5) is 38.4. The second kappa shape index (κ2) is 6.88. The van der Waals surface area contributed by atoms with Crippen LogP contribution in [-0.2, 0) is 10.5 Å². The molecule has 2 heterocycles. The van der Waals surface area contributed by atoms with E-state index in [1.807, 2.05) is 24.3 Å². The van der Waals surface area contributed by atoms with E-state index in [0.29, 0.717) is 17.3 Å². The molecule has 2 aromatic heterocycles. The first-order chi connectivity index (χ1) is 11.6. The molecule has 3 aromatic rings. The van der Waals surface area contributed by atoms with Crippen LogP contribution in [0.5, 0.6) is 0 Å². The molecule has 0 radical (unpaired) electrons. The zero-order chi connectivity index (χ0) is 17.1. The van der Waals surface area contributed by atoms with Crippen LogP contribution >= 0.6 is 11.8 Å². The number of aromatic nitrogens is 4. The lowest BCUT2D eigenvalue weighted by Gasteiger charge is -2.06. The summed E-state index contributed by atoms with van der Waals surface area (Å²) >= 11 is 1.43. The highest BCUT2D eigenvalue weighted by atomic mass is 32.2. The smallest absolute Gasteiger partial charge is 0.345 e. The van der Waals surface area contributed by atoms with Crippen molar-refractivity contribution < 1.29 is 9.53 Å². The number of thioether (sulfide) groups is 1. The molecule has 8 heteroatoms. The minimum absolute atomic E-state index is 0.0469. The van der Waals surface area contributed by atoms with Gasteiger partial charge in [0.05, 0.1) is 29.1 Å². The number of hydrogen-bond acceptors (Lipinski definition) is 6. The Labute approximate surface area is 141 Å². The number of nitrogens with zero attached hydrogens (tertiary/aromatic N) is 2. The van der Waals surface area contributed by atoms with Crippen LogP contribution in [0, 0.1) is 6.92 Å². The molecule has 0 aliphatic heterocycles. The summed E-state index contributed by atoms with van der Waals surface area (Å²) in [5.41, 5.74) is 1.67. The van der Waals surface area contributed by atoms with Gasteiger partial charge < -0.3 is 14.7 Å². The summed E-state index contributed by atoms with van der Waals surface area (Å²) in [5.74, 6) is 0.259. The average Bonchev–Trinajstić information content (AvgIpc) is 2.95. The van der Waals surface area contributed by atoms with Gasteiger partial charge in [-0.2, -0.15) is 0 Å². The fourth-order valence-electron chi connectivity index (χ4n) is 2.29. The molecule has 0 aliphatic rings. The van der Waals surface area contributed by atoms with Gasteiger partial charge in [0.15, 0.2) is 5.16 Å². The summed E-state index contributed by atoms with van der Waals surface area (Å²) in [5, 5.41) is 0.742. The number of imidazole rings is 1. The molecule has 0 amide bonds. The maximum absolute atomic E-state index is 12.1. The quantitative estimate of drug-likeness (QED) is 0.544. The Kier molecular flexibility index (Phi) is 4.66. The van der Waals surface area contributed by atoms with E-state index in [4.69, 9.17) is 4.74 Å². The number of carbonyl (C=O) groups is 1. The molecule has 0 spiro atoms. The number of benzene rings is 1. The average molecular weight is 344 g/mol. The van der Waals surface area contributed by atoms with Gasteiger partial charge in [0.2, 0.25) is 0 Å². The van der Waals surface area contributed by atoms with E-state index in [9.17, 15) is 9.59 Å². The van der Waals surface area contributed by atoms with Gasteiger partial charge in [0.25, 0.3) is 5.56 Å². The molecule has 24 heavy (non-hydrogen) atoms. The largest absolute Gasteiger partial charge is 0.462 e. The van der Waals surface area contributed by atoms with E-state index in [2.05, 4.69) is 19.9 Å². The van der Waals surface area contributed by atoms with Crippen molar-refractivity contribution in [3.63, 3.8) is 0 Å². The van der Waals surface area contributed by atoms with Gasteiger partial charge in [-0.1, -0.05) is 23.9 Å². The zero-order valence-corrected chi connectivity index (χ0v) is 14.1. The van der Waals surface area contributed by atoms with E-state index >= 15 is 0 Å². The summed E-state index contributed by atoms with van der Waals surface area (Å²) in [6.07, 6.45) is 0. The highest BCUT2D eigenvalue weighted by Gasteiger charge is 2.17. The molecular formula is C16H16N4O3S. The fraction of sp³-hybridized carbons (Fsp3) is 0.250. The van der Waals surface area contributed by atoms with Crippen molar-refractivity contribution in [2.45, 2.75) is 24.8 Å². The number of nitrogens with one attached hydrogen (secondary N) is 2. The monoisotopic (exact) mass is 344 g/mol. The maximum Gasteiger partial charge on any atom is 0.345 e. The number of aromatic amines is 2. The normalized spacial score (nSPS) is 10.9. The van der Waals surface area contributed by atoms with Crippen LogP contribution in [0.1, 0.15) is 28.8 Å². The van der Waals surface area contributed by atoms with Crippen molar-refractivity contribution in [1.82, 2.24) is 19.9 Å². The summed E-state index contributed by atoms with van der Waals surface area (Å²) in [7, 11) is 0. The topological polar surface area (TPSA) is 101 Å². The summed E-state index contributed by atoms with van der Waals surface area (Å²) in [6, 6.07) is 7.73. The van der Waals surface area contributed by atoms with Crippen LogP contribution in [0.3, 0.4) is 0 Å². The molecule has 3 rings (SSSR count). The van der Waals surface area contributed by atoms with Crippen LogP contribution in [0.2, 0.25) is 0 Å². The van der Waals surface area contributed by atoms with Gasteiger partial charge in [0.1, 0.15) is 11.4 Å². The number of fused-ring (bicyclic) bond motifs is 1. The lowest BCUT2D eigenvalue weighted by atomic mass is 10.2. The van der Waals surface area contributed by atoms with Crippen molar-refractivity contribution in [3.8, 4) is 0 Å². The standard InChI is InChI=1S/C16H16N4O3S/c1-3-23-15(22)13-9(2)17-12(20-14(13)21)8-24-16-18-10-6-4-5-7-11(10)19-16/h4-7H,3,8H2,1-2H3,(H,18,19)(H,17,20,21). The molecule has 1 aromatic carbocycles. The minimum atomic E-state index is -0.653. The van der Waals surface area contributed by atoms with Crippen LogP contribution in [0.15, 0.2) is 34.2 Å². The third-order valence-corrected chi connectivity index (χ3v) is 4.23. The molecule has 0 bridgehead atoms. The second-order valence-corrected chi connectivity index (χ2v) is 6.01. The van der Waals surface area contributed by atoms with Crippen LogP contribution in [0.25, 0.3) is 11.0 Å². The third kappa shape index (κ3) is 3.33. The predicted molar refractivity (Wildman–Crippen MR) is 91.2 cm³/mol. The zero-order valence-electron chi connectivity index (χ0n) is 13.3. The molecule has 7 nitrogen and oxygen atoms in total. The van der Waals surface area contributed by atoms with E-state index in [0.717, 1.165) is 16.2 Å². The Morgan fingerprint density at radius 3 is 2.75 bits per heavy atom. The molecule has 2 N–H and O–H groups in total. The molecule has 0 aliphatic carbocycles. The molecule has 0 saturated heterocycles. The summed E-state index contributed by atoms with van der Waals surface area (Å²) in [6.45, 7) is 3.52. The van der Waals surface area contributed by atoms with Gasteiger partial charge in [-0.3, -0.25) is 4.79 Å². The Bertz CT molecular complexity index is 915. The summed E-state index contributed by atoms with van der Waals surface area (Å²) < 4.78 is 4.87. The number of rotatable bonds is 5. The van der Waals surface area contributed by atoms with Gasteiger partial charge >= 0.3 is 5.97 Å². The Morgan fingerprint density at radius 1 is 1.25 bits per heavy atom. The number of esters is 1. The van der Waals surface area contributed by atoms with Crippen molar-refractivity contribution >= 4 is 28.8 Å². The van der Waals surface area contributed by atoms with Crippen molar-refractivity contribution in [3.05, 3.63) is 51.7 Å². The molecule has 124 valence electrons. The molecule has 0 fully saturated rings. The maximum atomic E-state index is 12.1. The number of aryl methyl sites for hydroxylation is 1. The van der Waals surface area contributed by atoms with E-state index < -0.39 is 11.5 Å². The van der Waals surface area contributed by atoms with Crippen molar-refractivity contribution in [2.24, 2.45) is 0 Å². The van der Waals surface area contributed by atoms with Crippen LogP contribution < -0.4 is 5.56 Å². The Morgan fingerprint density at radius 2 is 2.04 bits per heavy atom. The lowest BCUT2D eigenvalue weighted by Crippen LogP contribution is -2.24. The lowest BCUT2D eigenvalue weighted by molar-refractivity contribution is 0.0522. The number of H-pyrrole nitrogens is 2. The van der Waals surface area contributed by atoms with E-state index in [-0.39, 0.29) is 12.2 Å². The highest BCUT2D eigenvalue weighted by Crippen LogP contribution is 2.21. The Balaban J connectivity index is 1.78. The van der Waals surface area contributed by atoms with E-state index in [1.54, 1.807) is 13.8 Å². The fourth-order valence-corrected chi connectivity index (χ4v) is 3.05. The number of para-hydroxylation sites is 2. The first-order valence-electron chi connectivity index (χ1n) is 7.43. The second-order valence-electron chi connectivity index (χ2n) is 5.04. The SMILES string of the molecule is CCOC(=O)c1c(C)nc(CSc2nc3ccccc3[nH]2)[nH]c1=O. The molecule has 0 atom stereocenters. The molecule has 0 unspecified atom stereocenters. The first-order valence-corrected chi connectivity index (χ1v) is 8.41. The van der Waals surface area contributed by atoms with Gasteiger partial charge in [-0.05, 0) is 26.0 Å². The highest BCUT2D eigenvalue weighted by molar-refractivity contribution is 7.98. The minimum Gasteiger partial charge on any atom is -0.462 e. The van der Waals surface area contributed by atoms with Gasteiger partial charge in [0, 0.05) is 0 Å². The van der Waals surface area contributed by atoms with Crippen LogP contribution in [0.4, 0.5) is 0 Å². The van der Waals surface area contributed by atoms with Crippen molar-refractivity contribution in [2.75, 3.05) is 6.61 Å². The predicted octanol–water partition coefficient (Wildman–Crippen LogP) is 2.42. The molecule has 0 saturated carbocycles. The first kappa shape index (κ1) is 16.3. The Hall–Kier alpha value is -2.61. The van der Waals surface area contributed by atoms with E-state index in [1.165, 1.54) is 11.8 Å². The number of hydrogen-bond donors (Lipinski definition) is 2. The van der Waals surface area contributed by atoms with Crippen molar-refractivity contribution in [1.29, 1.82) is 0 Å².